The number of aryl methyl sites for hydroxylation is 1. The third kappa shape index (κ3) is 8.56. The molecule has 2 N–H and O–H groups in total. The minimum atomic E-state index is -4.42. The Kier molecular flexibility index (Phi) is 10.4. The predicted molar refractivity (Wildman–Crippen MR) is 138 cm³/mol. The van der Waals surface area contributed by atoms with Crippen molar-refractivity contribution in [2.75, 3.05) is 26.0 Å². The average Bonchev–Trinajstić information content (AvgIpc) is 2.86. The van der Waals surface area contributed by atoms with Crippen molar-refractivity contribution in [2.24, 2.45) is 0 Å². The first-order valence-corrected chi connectivity index (χ1v) is 13.4. The Morgan fingerprint density at radius 2 is 1.63 bits per heavy atom. The van der Waals surface area contributed by atoms with E-state index in [4.69, 9.17) is 0 Å². The van der Waals surface area contributed by atoms with Gasteiger partial charge in [0, 0.05) is 10.9 Å². The molecule has 2 aromatic rings. The van der Waals surface area contributed by atoms with E-state index in [9.17, 15) is 31.1 Å². The zero-order valence-electron chi connectivity index (χ0n) is 21.4. The summed E-state index contributed by atoms with van der Waals surface area (Å²) in [4.78, 5) is 14.3. The number of anilines is 1. The van der Waals surface area contributed by atoms with Crippen LogP contribution in [0.15, 0.2) is 41.3 Å². The number of nitrogens with one attached hydrogen (secondary N) is 2. The minimum absolute atomic E-state index is 0.0907. The van der Waals surface area contributed by atoms with Gasteiger partial charge in [0.25, 0.3) is 5.91 Å². The molecule has 0 aliphatic heterocycles. The van der Waals surface area contributed by atoms with Gasteiger partial charge in [0.05, 0.1) is 5.56 Å². The van der Waals surface area contributed by atoms with E-state index in [-0.39, 0.29) is 29.5 Å². The van der Waals surface area contributed by atoms with Crippen molar-refractivity contribution in [2.45, 2.75) is 74.1 Å². The smallest absolute Gasteiger partial charge is 0.378 e. The summed E-state index contributed by atoms with van der Waals surface area (Å²) < 4.78 is 85.5. The molecule has 1 saturated carbocycles. The van der Waals surface area contributed by atoms with Crippen molar-refractivity contribution >= 4 is 23.5 Å². The summed E-state index contributed by atoms with van der Waals surface area (Å²) >= 11 is 0.667. The van der Waals surface area contributed by atoms with Crippen LogP contribution in [0.2, 0.25) is 0 Å². The molecule has 1 aliphatic carbocycles. The molecule has 11 heteroatoms. The monoisotopic (exact) mass is 561 g/mol. The van der Waals surface area contributed by atoms with Crippen LogP contribution in [0.1, 0.15) is 56.1 Å². The Bertz CT molecular complexity index is 1050. The van der Waals surface area contributed by atoms with Gasteiger partial charge < -0.3 is 10.2 Å². The zero-order chi connectivity index (χ0) is 27.9. The first kappa shape index (κ1) is 30.1. The lowest BCUT2D eigenvalue weighted by atomic mass is 9.86. The van der Waals surface area contributed by atoms with Crippen LogP contribution in [0.25, 0.3) is 0 Å². The minimum Gasteiger partial charge on any atom is -0.378 e. The van der Waals surface area contributed by atoms with Gasteiger partial charge in [0.1, 0.15) is 17.3 Å². The van der Waals surface area contributed by atoms with Crippen molar-refractivity contribution in [1.29, 1.82) is 0 Å². The van der Waals surface area contributed by atoms with Gasteiger partial charge in [-0.25, -0.2) is 13.2 Å². The van der Waals surface area contributed by atoms with Gasteiger partial charge in [-0.2, -0.15) is 13.2 Å². The van der Waals surface area contributed by atoms with Gasteiger partial charge >= 0.3 is 6.18 Å². The molecule has 1 amide bonds. The number of amides is 1. The van der Waals surface area contributed by atoms with Crippen molar-refractivity contribution in [1.82, 2.24) is 9.62 Å². The van der Waals surface area contributed by atoms with E-state index in [0.717, 1.165) is 30.7 Å². The van der Waals surface area contributed by atoms with Crippen LogP contribution in [0.4, 0.5) is 32.0 Å². The molecular weight excluding hydrogens is 528 g/mol. The maximum absolute atomic E-state index is 14.9. The Balaban J connectivity index is 1.65. The van der Waals surface area contributed by atoms with E-state index in [0.29, 0.717) is 56.2 Å². The third-order valence-electron chi connectivity index (χ3n) is 6.67. The van der Waals surface area contributed by atoms with E-state index in [1.807, 2.05) is 19.0 Å². The topological polar surface area (TPSA) is 44.4 Å². The molecule has 38 heavy (non-hydrogen) atoms. The van der Waals surface area contributed by atoms with Gasteiger partial charge in [-0.1, -0.05) is 18.6 Å². The summed E-state index contributed by atoms with van der Waals surface area (Å²) in [6.45, 7) is 0.624. The lowest BCUT2D eigenvalue weighted by molar-refractivity contribution is -0.137. The van der Waals surface area contributed by atoms with Crippen molar-refractivity contribution in [3.8, 4) is 0 Å². The van der Waals surface area contributed by atoms with Crippen LogP contribution < -0.4 is 10.0 Å². The molecule has 1 atom stereocenters. The number of nitrogens with zero attached hydrogens (tertiary/aromatic N) is 1. The largest absolute Gasteiger partial charge is 0.416 e. The van der Waals surface area contributed by atoms with Crippen molar-refractivity contribution in [3.05, 3.63) is 59.2 Å². The number of benzene rings is 2. The Morgan fingerprint density at radius 3 is 2.18 bits per heavy atom. The molecule has 4 nitrogen and oxygen atoms in total. The fraction of sp³-hybridized carbons (Fsp3) is 0.519. The number of rotatable bonds is 11. The van der Waals surface area contributed by atoms with Crippen LogP contribution >= 0.6 is 11.9 Å². The molecule has 1 aliphatic rings. The van der Waals surface area contributed by atoms with Gasteiger partial charge in [-0.15, -0.1) is 0 Å². The van der Waals surface area contributed by atoms with Crippen LogP contribution in [0, 0.1) is 11.6 Å². The molecule has 3 rings (SSSR count). The lowest BCUT2D eigenvalue weighted by Gasteiger charge is -2.27. The van der Waals surface area contributed by atoms with Gasteiger partial charge in [-0.05, 0) is 107 Å². The third-order valence-corrected chi connectivity index (χ3v) is 7.43. The number of halogens is 6. The van der Waals surface area contributed by atoms with Crippen LogP contribution in [-0.4, -0.2) is 43.2 Å². The zero-order valence-corrected chi connectivity index (χ0v) is 22.3. The maximum Gasteiger partial charge on any atom is 0.416 e. The molecule has 0 heterocycles. The highest BCUT2D eigenvalue weighted by molar-refractivity contribution is 7.98. The molecule has 0 aromatic heterocycles. The molecule has 1 fully saturated rings. The molecule has 2 aromatic carbocycles. The summed E-state index contributed by atoms with van der Waals surface area (Å²) in [6.07, 6.45) is -0.662. The Morgan fingerprint density at radius 1 is 1.03 bits per heavy atom. The van der Waals surface area contributed by atoms with Crippen molar-refractivity contribution < 1.29 is 31.1 Å². The second kappa shape index (κ2) is 13.1. The second-order valence-electron chi connectivity index (χ2n) is 9.99. The number of carbonyl (C=O) groups excluding carboxylic acids is 1. The van der Waals surface area contributed by atoms with E-state index in [1.165, 1.54) is 12.1 Å². The van der Waals surface area contributed by atoms with E-state index < -0.39 is 35.0 Å². The molecule has 210 valence electrons. The van der Waals surface area contributed by atoms with E-state index in [2.05, 4.69) is 10.0 Å². The van der Waals surface area contributed by atoms with Gasteiger partial charge in [-0.3, -0.25) is 9.52 Å². The number of hydrogen-bond donors (Lipinski definition) is 2. The predicted octanol–water partition coefficient (Wildman–Crippen LogP) is 7.14. The number of carbonyl (C=O) groups is 1. The lowest BCUT2D eigenvalue weighted by Crippen LogP contribution is -2.42. The van der Waals surface area contributed by atoms with Gasteiger partial charge in [0.2, 0.25) is 0 Å². The van der Waals surface area contributed by atoms with Crippen molar-refractivity contribution in [3.63, 3.8) is 0 Å². The molecule has 0 spiro atoms. The average molecular weight is 562 g/mol. The number of alkyl halides is 4. The molecule has 0 saturated heterocycles. The second-order valence-corrected chi connectivity index (χ2v) is 10.9. The first-order valence-electron chi connectivity index (χ1n) is 12.6. The van der Waals surface area contributed by atoms with Gasteiger partial charge in [0.15, 0.2) is 5.67 Å². The molecule has 0 radical (unpaired) electrons. The Hall–Kier alpha value is -2.40. The normalized spacial score (nSPS) is 16.3. The quantitative estimate of drug-likeness (QED) is 0.226. The summed E-state index contributed by atoms with van der Waals surface area (Å²) in [5, 5.41) is 2.91. The highest BCUT2D eigenvalue weighted by Crippen LogP contribution is 2.34. The highest BCUT2D eigenvalue weighted by atomic mass is 32.2. The van der Waals surface area contributed by atoms with Crippen LogP contribution in [0.3, 0.4) is 0 Å². The molecule has 1 unspecified atom stereocenters. The number of hydrogen-bond acceptors (Lipinski definition) is 4. The Labute approximate surface area is 223 Å². The maximum atomic E-state index is 14.9. The SMILES string of the molecule is CN(C)CCC(CCc1ccc(C(F)(F)F)cc1)Nc1c(F)cc(SNC(=O)C2(F)CCCCC2)cc1F. The molecule has 0 bridgehead atoms. The van der Waals surface area contributed by atoms with E-state index in [1.54, 1.807) is 0 Å². The van der Waals surface area contributed by atoms with Crippen LogP contribution in [-0.2, 0) is 17.4 Å². The summed E-state index contributed by atoms with van der Waals surface area (Å²) in [5.41, 5.74) is -2.34. The van der Waals surface area contributed by atoms with Crippen LogP contribution in [0.5, 0.6) is 0 Å². The standard InChI is InChI=1S/C27H33F6N3OS/c1-36(2)15-12-20(11-8-18-6-9-19(10-7-18)27(31,32)33)34-24-22(28)16-21(17-23(24)29)38-35-25(37)26(30)13-4-3-5-14-26/h6-7,9-10,16-17,20,34H,3-5,8,11-15H2,1-2H3,(H,35,37). The fourth-order valence-electron chi connectivity index (χ4n) is 4.39. The fourth-order valence-corrected chi connectivity index (χ4v) is 5.11. The summed E-state index contributed by atoms with van der Waals surface area (Å²) in [5.74, 6) is -2.52. The summed E-state index contributed by atoms with van der Waals surface area (Å²) in [7, 11) is 3.73. The summed E-state index contributed by atoms with van der Waals surface area (Å²) in [6, 6.07) is 6.63. The molecular formula is C27H33F6N3OS. The first-order chi connectivity index (χ1) is 17.9. The highest BCUT2D eigenvalue weighted by Gasteiger charge is 2.39. The van der Waals surface area contributed by atoms with E-state index >= 15 is 0 Å².